The average Bonchev–Trinajstić information content (AvgIpc) is 3.45. The lowest BCUT2D eigenvalue weighted by molar-refractivity contribution is -0.348. The van der Waals surface area contributed by atoms with Gasteiger partial charge in [0.2, 0.25) is 5.91 Å². The summed E-state index contributed by atoms with van der Waals surface area (Å²) in [4.78, 5) is 27.0. The summed E-state index contributed by atoms with van der Waals surface area (Å²) in [5, 5.41) is 9.77. The highest BCUT2D eigenvalue weighted by atomic mass is 32.2. The lowest BCUT2D eigenvalue weighted by atomic mass is 9.53. The zero-order valence-corrected chi connectivity index (χ0v) is 26.2. The third-order valence-electron chi connectivity index (χ3n) is 11.5. The van der Waals surface area contributed by atoms with Gasteiger partial charge in [-0.15, -0.1) is 0 Å². The molecule has 1 aliphatic heterocycles. The second kappa shape index (κ2) is 10.8. The number of benzene rings is 2. The highest BCUT2D eigenvalue weighted by Gasteiger charge is 2.74. The van der Waals surface area contributed by atoms with E-state index in [1.165, 1.54) is 4.90 Å². The van der Waals surface area contributed by atoms with Gasteiger partial charge in [-0.05, 0) is 93.2 Å². The predicted octanol–water partition coefficient (Wildman–Crippen LogP) is 7.64. The van der Waals surface area contributed by atoms with Crippen LogP contribution in [-0.4, -0.2) is 55.2 Å². The number of hydrogen-bond donors (Lipinski definition) is 1. The van der Waals surface area contributed by atoms with Gasteiger partial charge in [-0.2, -0.15) is 39.5 Å². The zero-order chi connectivity index (χ0) is 36.2. The number of hydrogen-bond acceptors (Lipinski definition) is 4. The number of alkyl halides is 10. The fraction of sp³-hybridized carbons (Fsp3) is 0.562. The Balaban J connectivity index is 1.48. The van der Waals surface area contributed by atoms with Crippen LogP contribution < -0.4 is 0 Å². The van der Waals surface area contributed by atoms with Gasteiger partial charge in [-0.1, -0.05) is 18.2 Å². The van der Waals surface area contributed by atoms with Crippen molar-refractivity contribution in [3.8, 4) is 0 Å². The molecular formula is C32H29F10NO5S. The number of aryl methyl sites for hydroxylation is 1. The summed E-state index contributed by atoms with van der Waals surface area (Å²) in [7, 11) is -4.85. The first-order chi connectivity index (χ1) is 22.5. The maximum absolute atomic E-state index is 15.1. The molecule has 17 heteroatoms. The smallest absolute Gasteiger partial charge is 0.435 e. The van der Waals surface area contributed by atoms with Crippen LogP contribution in [0.4, 0.5) is 43.9 Å². The van der Waals surface area contributed by atoms with Gasteiger partial charge in [0.1, 0.15) is 4.75 Å². The van der Waals surface area contributed by atoms with Crippen LogP contribution in [0.1, 0.15) is 73.6 Å². The second-order valence-corrected chi connectivity index (χ2v) is 15.8. The quantitative estimate of drug-likeness (QED) is 0.320. The summed E-state index contributed by atoms with van der Waals surface area (Å²) in [6.45, 7) is -0.228. The minimum atomic E-state index is -6.44. The second-order valence-electron chi connectivity index (χ2n) is 13.6. The van der Waals surface area contributed by atoms with Crippen molar-refractivity contribution in [2.75, 3.05) is 6.54 Å². The Morgan fingerprint density at radius 3 is 1.73 bits per heavy atom. The SMILES string of the molecule is O=C(O)C12CCC(C(=O)N3CCC4(S(=O)(=O)c5ccc(C(F)(F)F)cc5)c5ccc(C(F)(C(F)(F)F)C(F)(F)F)cc5CCC34)(CC1)CC2. The van der Waals surface area contributed by atoms with Crippen LogP contribution in [0.3, 0.4) is 0 Å². The molecule has 1 amide bonds. The Bertz CT molecular complexity index is 1760. The van der Waals surface area contributed by atoms with Gasteiger partial charge in [0, 0.05) is 17.5 Å². The maximum Gasteiger partial charge on any atom is 0.435 e. The maximum atomic E-state index is 15.1. The van der Waals surface area contributed by atoms with Crippen LogP contribution in [0.5, 0.6) is 0 Å². The minimum absolute atomic E-state index is 0.202. The van der Waals surface area contributed by atoms with Crippen molar-refractivity contribution in [1.29, 1.82) is 0 Å². The van der Waals surface area contributed by atoms with Crippen molar-refractivity contribution < 1.29 is 67.0 Å². The van der Waals surface area contributed by atoms with Crippen molar-refractivity contribution in [3.05, 3.63) is 64.7 Å². The molecule has 3 saturated carbocycles. The molecular weight excluding hydrogens is 700 g/mol. The molecule has 2 aromatic rings. The molecule has 2 atom stereocenters. The predicted molar refractivity (Wildman–Crippen MR) is 150 cm³/mol. The lowest BCUT2D eigenvalue weighted by Gasteiger charge is -2.52. The van der Waals surface area contributed by atoms with Crippen LogP contribution in [0.2, 0.25) is 0 Å². The van der Waals surface area contributed by atoms with Crippen LogP contribution in [0.25, 0.3) is 0 Å². The van der Waals surface area contributed by atoms with Gasteiger partial charge in [0.05, 0.1) is 21.9 Å². The zero-order valence-electron chi connectivity index (χ0n) is 25.4. The van der Waals surface area contributed by atoms with E-state index in [4.69, 9.17) is 0 Å². The van der Waals surface area contributed by atoms with E-state index in [2.05, 4.69) is 0 Å². The molecule has 7 rings (SSSR count). The van der Waals surface area contributed by atoms with Crippen LogP contribution in [-0.2, 0) is 42.4 Å². The number of sulfone groups is 1. The number of amides is 1. The molecule has 268 valence electrons. The summed E-state index contributed by atoms with van der Waals surface area (Å²) >= 11 is 0. The fourth-order valence-electron chi connectivity index (χ4n) is 8.64. The first-order valence-electron chi connectivity index (χ1n) is 15.4. The Morgan fingerprint density at radius 1 is 0.735 bits per heavy atom. The Labute approximate surface area is 273 Å². The van der Waals surface area contributed by atoms with E-state index in [1.54, 1.807) is 0 Å². The molecule has 0 spiro atoms. The molecule has 1 N–H and O–H groups in total. The van der Waals surface area contributed by atoms with E-state index in [0.717, 1.165) is 0 Å². The molecule has 4 fully saturated rings. The highest BCUT2D eigenvalue weighted by Crippen LogP contribution is 2.61. The van der Waals surface area contributed by atoms with Crippen LogP contribution in [0.15, 0.2) is 47.4 Å². The normalized spacial score (nSPS) is 29.0. The van der Waals surface area contributed by atoms with E-state index in [1.807, 2.05) is 0 Å². The molecule has 4 aliphatic carbocycles. The summed E-state index contributed by atoms with van der Waals surface area (Å²) in [5.74, 6) is -1.44. The summed E-state index contributed by atoms with van der Waals surface area (Å²) in [5.41, 5.74) is -11.4. The molecule has 0 radical (unpaired) electrons. The van der Waals surface area contributed by atoms with E-state index in [-0.39, 0.29) is 75.1 Å². The number of carbonyl (C=O) groups excluding carboxylic acids is 1. The number of carbonyl (C=O) groups is 2. The number of nitrogens with zero attached hydrogens (tertiary/aromatic N) is 1. The number of halogens is 10. The molecule has 2 unspecified atom stereocenters. The summed E-state index contributed by atoms with van der Waals surface area (Å²) in [6.07, 6.45) is -17.5. The van der Waals surface area contributed by atoms with Crippen molar-refractivity contribution in [2.45, 2.75) is 97.7 Å². The number of rotatable bonds is 5. The fourth-order valence-corrected chi connectivity index (χ4v) is 11.0. The van der Waals surface area contributed by atoms with Crippen molar-refractivity contribution in [3.63, 3.8) is 0 Å². The van der Waals surface area contributed by atoms with Gasteiger partial charge < -0.3 is 10.0 Å². The highest BCUT2D eigenvalue weighted by molar-refractivity contribution is 7.92. The Kier molecular flexibility index (Phi) is 7.83. The standard InChI is InChI=1S/C32H29F10NO5S/c33-29(31(37,38)39,32(40,41)42)20-4-7-22-18(17-20)1-8-23-28(22,49(47,48)21-5-2-19(3-6-21)30(34,35)36)15-16-43(23)24(44)26-9-12-27(13-10-26,14-11-26)25(45)46/h2-7,17,23H,1,8-16H2,(H,45,46). The lowest BCUT2D eigenvalue weighted by Crippen LogP contribution is -2.57. The van der Waals surface area contributed by atoms with Gasteiger partial charge in [-0.3, -0.25) is 9.59 Å². The topological polar surface area (TPSA) is 91.8 Å². The molecule has 6 nitrogen and oxygen atoms in total. The van der Waals surface area contributed by atoms with Gasteiger partial charge in [0.15, 0.2) is 9.84 Å². The molecule has 0 aromatic heterocycles. The molecule has 2 bridgehead atoms. The van der Waals surface area contributed by atoms with Crippen molar-refractivity contribution in [2.24, 2.45) is 10.8 Å². The van der Waals surface area contributed by atoms with Gasteiger partial charge in [0.25, 0.3) is 0 Å². The van der Waals surface area contributed by atoms with Crippen molar-refractivity contribution >= 4 is 21.7 Å². The average molecular weight is 730 g/mol. The van der Waals surface area contributed by atoms with Crippen LogP contribution >= 0.6 is 0 Å². The van der Waals surface area contributed by atoms with E-state index in [9.17, 15) is 62.6 Å². The van der Waals surface area contributed by atoms with E-state index >= 15 is 4.39 Å². The third-order valence-corrected chi connectivity index (χ3v) is 14.0. The first-order valence-corrected chi connectivity index (χ1v) is 16.9. The van der Waals surface area contributed by atoms with Gasteiger partial charge in [-0.25, -0.2) is 12.8 Å². The van der Waals surface area contributed by atoms with E-state index in [0.29, 0.717) is 36.4 Å². The summed E-state index contributed by atoms with van der Waals surface area (Å²) < 4.78 is 164. The number of carboxylic acid groups (broad SMARTS) is 1. The monoisotopic (exact) mass is 729 g/mol. The van der Waals surface area contributed by atoms with Crippen LogP contribution in [0, 0.1) is 10.8 Å². The molecule has 1 saturated heterocycles. The molecule has 5 aliphatic rings. The van der Waals surface area contributed by atoms with Crippen molar-refractivity contribution in [1.82, 2.24) is 4.90 Å². The Morgan fingerprint density at radius 2 is 1.24 bits per heavy atom. The number of likely N-dealkylation sites (tertiary alicyclic amines) is 1. The first kappa shape index (κ1) is 35.5. The molecule has 49 heavy (non-hydrogen) atoms. The third kappa shape index (κ3) is 4.90. The summed E-state index contributed by atoms with van der Waals surface area (Å²) in [6, 6.07) is 2.41. The Hall–Kier alpha value is -3.37. The number of carboxylic acids is 1. The number of fused-ring (bicyclic) bond motifs is 6. The molecule has 2 aromatic carbocycles. The molecule has 1 heterocycles. The number of aliphatic carboxylic acids is 1. The minimum Gasteiger partial charge on any atom is -0.481 e. The largest absolute Gasteiger partial charge is 0.481 e. The van der Waals surface area contributed by atoms with Gasteiger partial charge >= 0.3 is 30.2 Å². The van der Waals surface area contributed by atoms with E-state index < -0.39 is 90.0 Å².